The highest BCUT2D eigenvalue weighted by atomic mass is 16.4. The number of aromatic nitrogens is 1. The van der Waals surface area contributed by atoms with E-state index in [1.54, 1.807) is 17.4 Å². The first kappa shape index (κ1) is 13.8. The van der Waals surface area contributed by atoms with Crippen molar-refractivity contribution in [3.8, 4) is 0 Å². The summed E-state index contributed by atoms with van der Waals surface area (Å²) < 4.78 is 0. The van der Waals surface area contributed by atoms with Gasteiger partial charge in [0.15, 0.2) is 6.04 Å². The number of hydrogen-bond donors (Lipinski definition) is 3. The summed E-state index contributed by atoms with van der Waals surface area (Å²) in [6, 6.07) is 5.07. The lowest BCUT2D eigenvalue weighted by molar-refractivity contribution is -0.142. The number of aliphatic carboxylic acids is 1. The van der Waals surface area contributed by atoms with E-state index < -0.39 is 12.0 Å². The first-order valence-corrected chi connectivity index (χ1v) is 6.99. The minimum Gasteiger partial charge on any atom is -0.480 e. The molecule has 110 valence electrons. The molecule has 0 spiro atoms. The zero-order chi connectivity index (χ0) is 14.8. The largest absolute Gasteiger partial charge is 0.480 e. The van der Waals surface area contributed by atoms with Gasteiger partial charge < -0.3 is 15.8 Å². The lowest BCUT2D eigenvalue weighted by Crippen LogP contribution is -2.34. The molecule has 1 aliphatic rings. The number of rotatable bonds is 5. The van der Waals surface area contributed by atoms with Gasteiger partial charge in [-0.1, -0.05) is 12.1 Å². The maximum atomic E-state index is 11.6. The van der Waals surface area contributed by atoms with Gasteiger partial charge in [0.1, 0.15) is 0 Å². The van der Waals surface area contributed by atoms with Crippen LogP contribution in [-0.2, 0) is 4.79 Å². The monoisotopic (exact) mass is 286 g/mol. The Balaban J connectivity index is 1.98. The highest BCUT2D eigenvalue weighted by Gasteiger charge is 2.36. The highest BCUT2D eigenvalue weighted by molar-refractivity contribution is 5.98. The quantitative estimate of drug-likeness (QED) is 0.725. The summed E-state index contributed by atoms with van der Waals surface area (Å²) in [6.45, 7) is 1.52. The summed E-state index contributed by atoms with van der Waals surface area (Å²) >= 11 is 0. The molecule has 0 saturated carbocycles. The van der Waals surface area contributed by atoms with Gasteiger partial charge in [-0.2, -0.15) is 0 Å². The van der Waals surface area contributed by atoms with Crippen molar-refractivity contribution in [3.63, 3.8) is 0 Å². The fourth-order valence-electron chi connectivity index (χ4n) is 2.79. The van der Waals surface area contributed by atoms with Gasteiger partial charge in [-0.15, -0.1) is 0 Å². The van der Waals surface area contributed by atoms with E-state index in [1.165, 1.54) is 0 Å². The molecule has 0 fully saturated rings. The topological polar surface area (TPSA) is 77.5 Å². The summed E-state index contributed by atoms with van der Waals surface area (Å²) in [6.07, 6.45) is 4.39. The van der Waals surface area contributed by atoms with Crippen molar-refractivity contribution in [3.05, 3.63) is 36.2 Å². The average molecular weight is 286 g/mol. The number of pyridine rings is 1. The smallest absolute Gasteiger partial charge is 0.327 e. The van der Waals surface area contributed by atoms with Crippen LogP contribution in [0.4, 0.5) is 5.69 Å². The molecule has 1 aromatic carbocycles. The predicted octanol–water partition coefficient (Wildman–Crippen LogP) is 1.61. The lowest BCUT2D eigenvalue weighted by Gasteiger charge is -2.21. The van der Waals surface area contributed by atoms with E-state index >= 15 is 0 Å². The van der Waals surface area contributed by atoms with Crippen LogP contribution in [0.2, 0.25) is 0 Å². The molecule has 0 aliphatic carbocycles. The number of carbonyl (C=O) groups is 1. The molecule has 0 amide bonds. The number of fused-ring (bicyclic) bond motifs is 3. The Morgan fingerprint density at radius 1 is 1.48 bits per heavy atom. The van der Waals surface area contributed by atoms with Crippen molar-refractivity contribution in [1.29, 1.82) is 0 Å². The van der Waals surface area contributed by atoms with Crippen molar-refractivity contribution >= 4 is 22.4 Å². The van der Waals surface area contributed by atoms with Gasteiger partial charge in [0.2, 0.25) is 0 Å². The SMILES string of the molecule is CNCCCN1Nc2c(ccc3cnccc23)C1C(=O)O. The van der Waals surface area contributed by atoms with Crippen molar-refractivity contribution in [2.75, 3.05) is 25.6 Å². The minimum atomic E-state index is -0.834. The Bertz CT molecular complexity index is 674. The molecule has 0 bridgehead atoms. The molecule has 3 N–H and O–H groups in total. The summed E-state index contributed by atoms with van der Waals surface area (Å²) in [5, 5.41) is 16.4. The third-order valence-electron chi connectivity index (χ3n) is 3.77. The Hall–Kier alpha value is -2.18. The van der Waals surface area contributed by atoms with E-state index in [2.05, 4.69) is 15.7 Å². The van der Waals surface area contributed by atoms with Crippen LogP contribution in [-0.4, -0.2) is 41.2 Å². The van der Waals surface area contributed by atoms with E-state index in [0.717, 1.165) is 35.0 Å². The Labute approximate surface area is 122 Å². The summed E-state index contributed by atoms with van der Waals surface area (Å²) in [5.41, 5.74) is 4.96. The fourth-order valence-corrected chi connectivity index (χ4v) is 2.79. The number of carboxylic acid groups (broad SMARTS) is 1. The third-order valence-corrected chi connectivity index (χ3v) is 3.77. The molecule has 1 aliphatic heterocycles. The Morgan fingerprint density at radius 2 is 2.33 bits per heavy atom. The first-order valence-electron chi connectivity index (χ1n) is 6.99. The van der Waals surface area contributed by atoms with Crippen molar-refractivity contribution in [2.45, 2.75) is 12.5 Å². The minimum absolute atomic E-state index is 0.644. The van der Waals surface area contributed by atoms with Crippen LogP contribution in [0, 0.1) is 0 Å². The van der Waals surface area contributed by atoms with E-state index in [4.69, 9.17) is 0 Å². The second-order valence-corrected chi connectivity index (χ2v) is 5.13. The van der Waals surface area contributed by atoms with Crippen LogP contribution in [0.15, 0.2) is 30.6 Å². The number of anilines is 1. The maximum Gasteiger partial charge on any atom is 0.327 e. The van der Waals surface area contributed by atoms with Gasteiger partial charge in [0.05, 0.1) is 5.69 Å². The second kappa shape index (κ2) is 5.67. The number of carboxylic acids is 1. The molecular formula is C15H18N4O2. The first-order chi connectivity index (χ1) is 10.2. The zero-order valence-corrected chi connectivity index (χ0v) is 11.8. The van der Waals surface area contributed by atoms with Crippen molar-refractivity contribution < 1.29 is 9.90 Å². The van der Waals surface area contributed by atoms with Gasteiger partial charge in [0.25, 0.3) is 0 Å². The molecule has 6 nitrogen and oxygen atoms in total. The van der Waals surface area contributed by atoms with E-state index in [0.29, 0.717) is 6.54 Å². The van der Waals surface area contributed by atoms with Gasteiger partial charge >= 0.3 is 5.97 Å². The molecule has 2 aromatic rings. The standard InChI is InChI=1S/C15H18N4O2/c1-16-6-2-8-19-14(15(20)21)12-4-3-10-9-17-7-5-11(10)13(12)18-19/h3-5,7,9,14,16,18H,2,6,8H2,1H3,(H,20,21). The van der Waals surface area contributed by atoms with Crippen LogP contribution in [0.25, 0.3) is 10.8 Å². The molecule has 0 radical (unpaired) electrons. The molecule has 3 rings (SSSR count). The van der Waals surface area contributed by atoms with Crippen molar-refractivity contribution in [1.82, 2.24) is 15.3 Å². The summed E-state index contributed by atoms with van der Waals surface area (Å²) in [7, 11) is 1.89. The average Bonchev–Trinajstić information content (AvgIpc) is 2.86. The Kier molecular flexibility index (Phi) is 3.72. The predicted molar refractivity (Wildman–Crippen MR) is 81.0 cm³/mol. The number of hydrogen-bond acceptors (Lipinski definition) is 5. The van der Waals surface area contributed by atoms with Crippen LogP contribution in [0.1, 0.15) is 18.0 Å². The lowest BCUT2D eigenvalue weighted by atomic mass is 10.0. The van der Waals surface area contributed by atoms with Gasteiger partial charge in [-0.3, -0.25) is 9.78 Å². The van der Waals surface area contributed by atoms with Crippen LogP contribution < -0.4 is 10.7 Å². The number of benzene rings is 1. The van der Waals surface area contributed by atoms with E-state index in [9.17, 15) is 9.90 Å². The van der Waals surface area contributed by atoms with E-state index in [1.807, 2.05) is 25.2 Å². The molecular weight excluding hydrogens is 268 g/mol. The number of nitrogens with one attached hydrogen (secondary N) is 2. The molecule has 0 saturated heterocycles. The second-order valence-electron chi connectivity index (χ2n) is 5.13. The highest BCUT2D eigenvalue weighted by Crippen LogP contribution is 2.39. The molecule has 1 atom stereocenters. The van der Waals surface area contributed by atoms with Gasteiger partial charge in [-0.25, -0.2) is 5.01 Å². The molecule has 2 heterocycles. The number of hydrazine groups is 1. The Morgan fingerprint density at radius 3 is 3.10 bits per heavy atom. The normalized spacial score (nSPS) is 17.7. The molecule has 21 heavy (non-hydrogen) atoms. The van der Waals surface area contributed by atoms with Gasteiger partial charge in [0, 0.05) is 35.3 Å². The van der Waals surface area contributed by atoms with Crippen LogP contribution in [0.5, 0.6) is 0 Å². The van der Waals surface area contributed by atoms with Crippen LogP contribution >= 0.6 is 0 Å². The molecule has 6 heteroatoms. The fraction of sp³-hybridized carbons (Fsp3) is 0.333. The maximum absolute atomic E-state index is 11.6. The number of nitrogens with zero attached hydrogens (tertiary/aromatic N) is 2. The third kappa shape index (κ3) is 2.43. The van der Waals surface area contributed by atoms with E-state index in [-0.39, 0.29) is 0 Å². The summed E-state index contributed by atoms with van der Waals surface area (Å²) in [5.74, 6) is -0.834. The van der Waals surface area contributed by atoms with Crippen molar-refractivity contribution in [2.24, 2.45) is 0 Å². The zero-order valence-electron chi connectivity index (χ0n) is 11.8. The van der Waals surface area contributed by atoms with Crippen LogP contribution in [0.3, 0.4) is 0 Å². The molecule has 1 unspecified atom stereocenters. The molecule has 1 aromatic heterocycles. The summed E-state index contributed by atoms with van der Waals surface area (Å²) in [4.78, 5) is 15.7. The van der Waals surface area contributed by atoms with Gasteiger partial charge in [-0.05, 0) is 26.1 Å².